The highest BCUT2D eigenvalue weighted by atomic mass is 32.2. The molecular weight excluding hydrogens is 371 g/mol. The van der Waals surface area contributed by atoms with E-state index in [2.05, 4.69) is 5.32 Å². The molecule has 0 aromatic heterocycles. The molecule has 2 aromatic carbocycles. The topological polar surface area (TPSA) is 75.7 Å². The molecule has 8 heteroatoms. The van der Waals surface area contributed by atoms with Crippen molar-refractivity contribution in [2.45, 2.75) is 19.9 Å². The predicted octanol–water partition coefficient (Wildman–Crippen LogP) is 2.87. The number of nitrogens with zero attached hydrogens (tertiary/aromatic N) is 1. The normalized spacial score (nSPS) is 12.3. The molecule has 0 heterocycles. The summed E-state index contributed by atoms with van der Waals surface area (Å²) in [4.78, 5) is 12.4. The summed E-state index contributed by atoms with van der Waals surface area (Å²) < 4.78 is 43.5. The summed E-state index contributed by atoms with van der Waals surface area (Å²) in [6, 6.07) is 11.9. The smallest absolute Gasteiger partial charge is 0.241 e. The predicted molar refractivity (Wildman–Crippen MR) is 103 cm³/mol. The van der Waals surface area contributed by atoms with Crippen LogP contribution in [0.3, 0.4) is 0 Å². The molecule has 0 fully saturated rings. The molecule has 0 aliphatic rings. The number of nitrogens with one attached hydrogen (secondary N) is 1. The number of ether oxygens (including phenoxy) is 1. The first kappa shape index (κ1) is 20.7. The Labute approximate surface area is 159 Å². The van der Waals surface area contributed by atoms with Crippen molar-refractivity contribution >= 4 is 21.6 Å². The standard InChI is InChI=1S/C19H23FN2O4S/c1-4-26-18-11-5-15(6-12-18)14(2)21-19(23)13-22(27(3,24)25)17-9-7-16(20)8-10-17/h5-12,14H,4,13H2,1-3H3,(H,21,23). The molecule has 0 aliphatic carbocycles. The molecule has 0 radical (unpaired) electrons. The van der Waals surface area contributed by atoms with E-state index in [-0.39, 0.29) is 11.7 Å². The number of anilines is 1. The van der Waals surface area contributed by atoms with Gasteiger partial charge in [-0.25, -0.2) is 12.8 Å². The number of hydrogen-bond donors (Lipinski definition) is 1. The van der Waals surface area contributed by atoms with Crippen molar-refractivity contribution in [3.63, 3.8) is 0 Å². The Balaban J connectivity index is 2.07. The van der Waals surface area contributed by atoms with Gasteiger partial charge in [0.15, 0.2) is 0 Å². The third-order valence-corrected chi connectivity index (χ3v) is 5.01. The fourth-order valence-corrected chi connectivity index (χ4v) is 3.38. The number of rotatable bonds is 8. The SMILES string of the molecule is CCOc1ccc(C(C)NC(=O)CN(c2ccc(F)cc2)S(C)(=O)=O)cc1. The minimum Gasteiger partial charge on any atom is -0.494 e. The highest BCUT2D eigenvalue weighted by Crippen LogP contribution is 2.19. The van der Waals surface area contributed by atoms with Crippen LogP contribution in [-0.2, 0) is 14.8 Å². The van der Waals surface area contributed by atoms with E-state index in [1.807, 2.05) is 31.2 Å². The van der Waals surface area contributed by atoms with E-state index in [1.165, 1.54) is 12.1 Å². The molecule has 0 saturated heterocycles. The summed E-state index contributed by atoms with van der Waals surface area (Å²) >= 11 is 0. The quantitative estimate of drug-likeness (QED) is 0.747. The molecule has 2 rings (SSSR count). The summed E-state index contributed by atoms with van der Waals surface area (Å²) in [5.74, 6) is -0.216. The Morgan fingerprint density at radius 2 is 1.74 bits per heavy atom. The number of sulfonamides is 1. The van der Waals surface area contributed by atoms with Gasteiger partial charge < -0.3 is 10.1 Å². The molecule has 1 atom stereocenters. The van der Waals surface area contributed by atoms with Gasteiger partial charge in [-0.3, -0.25) is 9.10 Å². The monoisotopic (exact) mass is 394 g/mol. The van der Waals surface area contributed by atoms with Crippen molar-refractivity contribution in [1.29, 1.82) is 0 Å². The molecule has 0 bridgehead atoms. The van der Waals surface area contributed by atoms with Gasteiger partial charge in [-0.1, -0.05) is 12.1 Å². The van der Waals surface area contributed by atoms with Crippen LogP contribution in [0.25, 0.3) is 0 Å². The van der Waals surface area contributed by atoms with Crippen molar-refractivity contribution in [2.75, 3.05) is 23.7 Å². The number of halogens is 1. The van der Waals surface area contributed by atoms with Gasteiger partial charge in [0.25, 0.3) is 0 Å². The van der Waals surface area contributed by atoms with Crippen molar-refractivity contribution in [3.8, 4) is 5.75 Å². The molecule has 1 unspecified atom stereocenters. The van der Waals surface area contributed by atoms with Gasteiger partial charge in [0, 0.05) is 0 Å². The van der Waals surface area contributed by atoms with Gasteiger partial charge in [-0.05, 0) is 55.8 Å². The Morgan fingerprint density at radius 3 is 2.26 bits per heavy atom. The lowest BCUT2D eigenvalue weighted by Gasteiger charge is -2.23. The first-order chi connectivity index (χ1) is 12.7. The van der Waals surface area contributed by atoms with Gasteiger partial charge in [0.1, 0.15) is 18.1 Å². The van der Waals surface area contributed by atoms with Crippen LogP contribution in [-0.4, -0.2) is 33.7 Å². The molecule has 1 N–H and O–H groups in total. The summed E-state index contributed by atoms with van der Waals surface area (Å²) in [5.41, 5.74) is 1.09. The third kappa shape index (κ3) is 5.96. The van der Waals surface area contributed by atoms with Crippen LogP contribution in [0.2, 0.25) is 0 Å². The molecule has 1 amide bonds. The highest BCUT2D eigenvalue weighted by Gasteiger charge is 2.22. The van der Waals surface area contributed by atoms with Crippen LogP contribution >= 0.6 is 0 Å². The molecule has 146 valence electrons. The average Bonchev–Trinajstić information content (AvgIpc) is 2.60. The van der Waals surface area contributed by atoms with Gasteiger partial charge in [0.05, 0.1) is 24.6 Å². The van der Waals surface area contributed by atoms with E-state index in [1.54, 1.807) is 6.92 Å². The lowest BCUT2D eigenvalue weighted by Crippen LogP contribution is -2.41. The van der Waals surface area contributed by atoms with Crippen LogP contribution in [0.1, 0.15) is 25.5 Å². The number of carbonyl (C=O) groups is 1. The lowest BCUT2D eigenvalue weighted by atomic mass is 10.1. The maximum absolute atomic E-state index is 13.1. The fraction of sp³-hybridized carbons (Fsp3) is 0.316. The summed E-state index contributed by atoms with van der Waals surface area (Å²) in [6.45, 7) is 3.86. The molecule has 0 aliphatic heterocycles. The number of amides is 1. The number of carbonyl (C=O) groups excluding carboxylic acids is 1. The van der Waals surface area contributed by atoms with Crippen LogP contribution in [0.4, 0.5) is 10.1 Å². The number of hydrogen-bond acceptors (Lipinski definition) is 4. The van der Waals surface area contributed by atoms with Gasteiger partial charge >= 0.3 is 0 Å². The zero-order chi connectivity index (χ0) is 20.0. The van der Waals surface area contributed by atoms with Crippen LogP contribution in [0, 0.1) is 5.82 Å². The zero-order valence-electron chi connectivity index (χ0n) is 15.5. The minimum absolute atomic E-state index is 0.225. The van der Waals surface area contributed by atoms with E-state index < -0.39 is 28.3 Å². The van der Waals surface area contributed by atoms with Crippen LogP contribution in [0.5, 0.6) is 5.75 Å². The number of benzene rings is 2. The summed E-state index contributed by atoms with van der Waals surface area (Å²) in [7, 11) is -3.70. The van der Waals surface area contributed by atoms with Crippen molar-refractivity contribution < 1.29 is 22.3 Å². The van der Waals surface area contributed by atoms with Crippen molar-refractivity contribution in [2.24, 2.45) is 0 Å². The largest absolute Gasteiger partial charge is 0.494 e. The Hall–Kier alpha value is -2.61. The first-order valence-corrected chi connectivity index (χ1v) is 10.3. The average molecular weight is 394 g/mol. The van der Waals surface area contributed by atoms with Crippen molar-refractivity contribution in [1.82, 2.24) is 5.32 Å². The van der Waals surface area contributed by atoms with Crippen molar-refractivity contribution in [3.05, 3.63) is 59.9 Å². The van der Waals surface area contributed by atoms with Crippen LogP contribution < -0.4 is 14.4 Å². The zero-order valence-corrected chi connectivity index (χ0v) is 16.3. The van der Waals surface area contributed by atoms with Gasteiger partial charge in [-0.15, -0.1) is 0 Å². The van der Waals surface area contributed by atoms with E-state index in [9.17, 15) is 17.6 Å². The van der Waals surface area contributed by atoms with E-state index in [0.717, 1.165) is 34.0 Å². The first-order valence-electron chi connectivity index (χ1n) is 8.46. The molecule has 2 aromatic rings. The second-order valence-corrected chi connectivity index (χ2v) is 7.94. The highest BCUT2D eigenvalue weighted by molar-refractivity contribution is 7.92. The molecule has 0 saturated carbocycles. The van der Waals surface area contributed by atoms with E-state index in [0.29, 0.717) is 6.61 Å². The van der Waals surface area contributed by atoms with Crippen LogP contribution in [0.15, 0.2) is 48.5 Å². The second kappa shape index (κ2) is 8.85. The molecule has 6 nitrogen and oxygen atoms in total. The summed E-state index contributed by atoms with van der Waals surface area (Å²) in [5, 5.41) is 2.77. The van der Waals surface area contributed by atoms with Gasteiger partial charge in [0.2, 0.25) is 15.9 Å². The molecule has 27 heavy (non-hydrogen) atoms. The maximum Gasteiger partial charge on any atom is 0.241 e. The second-order valence-electron chi connectivity index (χ2n) is 6.04. The maximum atomic E-state index is 13.1. The lowest BCUT2D eigenvalue weighted by molar-refractivity contribution is -0.120. The fourth-order valence-electron chi connectivity index (χ4n) is 2.53. The van der Waals surface area contributed by atoms with Gasteiger partial charge in [-0.2, -0.15) is 0 Å². The Morgan fingerprint density at radius 1 is 1.15 bits per heavy atom. The van der Waals surface area contributed by atoms with E-state index >= 15 is 0 Å². The minimum atomic E-state index is -3.70. The Bertz CT molecular complexity index is 868. The third-order valence-electron chi connectivity index (χ3n) is 3.87. The molecule has 0 spiro atoms. The van der Waals surface area contributed by atoms with E-state index in [4.69, 9.17) is 4.74 Å². The summed E-state index contributed by atoms with van der Waals surface area (Å²) in [6.07, 6.45) is 1.000. The molecular formula is C19H23FN2O4S. The Kier molecular flexibility index (Phi) is 6.79.